The average Bonchev–Trinajstić information content (AvgIpc) is 2.72. The van der Waals surface area contributed by atoms with E-state index in [1.807, 2.05) is 38.1 Å². The Morgan fingerprint density at radius 1 is 1.21 bits per heavy atom. The third-order valence-corrected chi connectivity index (χ3v) is 4.48. The standard InChI is InChI=1S/C22H22N2O5/c1-4-16-17(11-9-14-7-6-8-18(29-5-2)20(14)28-3)23-19-12-10-15(22(26)27)13-24(19)21(16)25/h6-13H,4-5H2,1-3H3,(H,26,27)/b11-9+. The summed E-state index contributed by atoms with van der Waals surface area (Å²) in [6.45, 7) is 4.28. The van der Waals surface area contributed by atoms with Crippen LogP contribution in [0.25, 0.3) is 17.8 Å². The summed E-state index contributed by atoms with van der Waals surface area (Å²) in [5.41, 5.74) is 1.96. The van der Waals surface area contributed by atoms with Crippen molar-refractivity contribution in [2.45, 2.75) is 20.3 Å². The van der Waals surface area contributed by atoms with Crippen molar-refractivity contribution in [3.8, 4) is 11.5 Å². The summed E-state index contributed by atoms with van der Waals surface area (Å²) in [6, 6.07) is 8.54. The van der Waals surface area contributed by atoms with Crippen molar-refractivity contribution in [3.05, 3.63) is 69.3 Å². The van der Waals surface area contributed by atoms with Gasteiger partial charge in [-0.3, -0.25) is 9.20 Å². The average molecular weight is 394 g/mol. The molecule has 1 N–H and O–H groups in total. The van der Waals surface area contributed by atoms with E-state index in [4.69, 9.17) is 14.6 Å². The first-order valence-corrected chi connectivity index (χ1v) is 9.26. The van der Waals surface area contributed by atoms with Crippen LogP contribution >= 0.6 is 0 Å². The van der Waals surface area contributed by atoms with E-state index in [2.05, 4.69) is 4.98 Å². The molecule has 3 rings (SSSR count). The lowest BCUT2D eigenvalue weighted by molar-refractivity contribution is 0.0696. The van der Waals surface area contributed by atoms with Crippen LogP contribution in [0.5, 0.6) is 11.5 Å². The van der Waals surface area contributed by atoms with E-state index < -0.39 is 5.97 Å². The number of hydrogen-bond donors (Lipinski definition) is 1. The first-order valence-electron chi connectivity index (χ1n) is 9.26. The smallest absolute Gasteiger partial charge is 0.337 e. The first kappa shape index (κ1) is 20.1. The second-order valence-electron chi connectivity index (χ2n) is 6.23. The molecule has 2 heterocycles. The lowest BCUT2D eigenvalue weighted by atomic mass is 10.1. The quantitative estimate of drug-likeness (QED) is 0.659. The van der Waals surface area contributed by atoms with Crippen molar-refractivity contribution in [2.24, 2.45) is 0 Å². The minimum atomic E-state index is -1.10. The number of pyridine rings is 1. The van der Waals surface area contributed by atoms with Crippen LogP contribution in [0.2, 0.25) is 0 Å². The van der Waals surface area contributed by atoms with E-state index in [-0.39, 0.29) is 11.1 Å². The number of ether oxygens (including phenoxy) is 2. The molecule has 0 aliphatic carbocycles. The van der Waals surface area contributed by atoms with E-state index in [1.54, 1.807) is 13.2 Å². The van der Waals surface area contributed by atoms with Crippen molar-refractivity contribution in [1.29, 1.82) is 0 Å². The van der Waals surface area contributed by atoms with Crippen LogP contribution in [0.15, 0.2) is 41.3 Å². The van der Waals surface area contributed by atoms with Crippen LogP contribution in [0, 0.1) is 0 Å². The first-order chi connectivity index (χ1) is 14.0. The molecular formula is C22H22N2O5. The van der Waals surface area contributed by atoms with Crippen LogP contribution in [-0.2, 0) is 6.42 Å². The van der Waals surface area contributed by atoms with Crippen LogP contribution in [-0.4, -0.2) is 34.2 Å². The maximum atomic E-state index is 12.9. The van der Waals surface area contributed by atoms with Crippen molar-refractivity contribution < 1.29 is 19.4 Å². The molecule has 0 fully saturated rings. The predicted octanol–water partition coefficient (Wildman–Crippen LogP) is 3.53. The molecule has 0 bridgehead atoms. The summed E-state index contributed by atoms with van der Waals surface area (Å²) >= 11 is 0. The highest BCUT2D eigenvalue weighted by Gasteiger charge is 2.13. The van der Waals surface area contributed by atoms with Gasteiger partial charge in [-0.25, -0.2) is 9.78 Å². The number of nitrogens with zero attached hydrogens (tertiary/aromatic N) is 2. The van der Waals surface area contributed by atoms with E-state index in [1.165, 1.54) is 22.7 Å². The van der Waals surface area contributed by atoms with Crippen LogP contribution in [0.3, 0.4) is 0 Å². The Bertz CT molecular complexity index is 1150. The maximum absolute atomic E-state index is 12.9. The highest BCUT2D eigenvalue weighted by molar-refractivity contribution is 5.87. The number of para-hydroxylation sites is 1. The van der Waals surface area contributed by atoms with Gasteiger partial charge in [0, 0.05) is 17.3 Å². The summed E-state index contributed by atoms with van der Waals surface area (Å²) in [7, 11) is 1.58. The zero-order valence-corrected chi connectivity index (χ0v) is 16.5. The molecule has 2 aromatic heterocycles. The molecule has 7 nitrogen and oxygen atoms in total. The largest absolute Gasteiger partial charge is 0.492 e. The van der Waals surface area contributed by atoms with Crippen molar-refractivity contribution in [3.63, 3.8) is 0 Å². The van der Waals surface area contributed by atoms with Gasteiger partial charge in [-0.05, 0) is 43.7 Å². The number of methoxy groups -OCH3 is 1. The zero-order chi connectivity index (χ0) is 21.0. The summed E-state index contributed by atoms with van der Waals surface area (Å²) < 4.78 is 12.4. The number of hydrogen-bond acceptors (Lipinski definition) is 5. The number of aromatic nitrogens is 2. The molecular weight excluding hydrogens is 372 g/mol. The Balaban J connectivity index is 2.11. The van der Waals surface area contributed by atoms with Crippen LogP contribution in [0.1, 0.15) is 41.0 Å². The second kappa shape index (κ2) is 8.60. The number of benzene rings is 1. The molecule has 29 heavy (non-hydrogen) atoms. The number of fused-ring (bicyclic) bond motifs is 1. The fraction of sp³-hybridized carbons (Fsp3) is 0.227. The molecule has 1 aromatic carbocycles. The topological polar surface area (TPSA) is 90.1 Å². The molecule has 0 saturated carbocycles. The van der Waals surface area contributed by atoms with Crippen LogP contribution < -0.4 is 15.0 Å². The predicted molar refractivity (Wildman–Crippen MR) is 111 cm³/mol. The second-order valence-corrected chi connectivity index (χ2v) is 6.23. The molecule has 7 heteroatoms. The molecule has 150 valence electrons. The van der Waals surface area contributed by atoms with Gasteiger partial charge in [-0.2, -0.15) is 0 Å². The summed E-state index contributed by atoms with van der Waals surface area (Å²) in [4.78, 5) is 28.6. The molecule has 0 aliphatic heterocycles. The van der Waals surface area contributed by atoms with Crippen molar-refractivity contribution in [1.82, 2.24) is 9.38 Å². The van der Waals surface area contributed by atoms with Gasteiger partial charge < -0.3 is 14.6 Å². The van der Waals surface area contributed by atoms with Gasteiger partial charge in [0.1, 0.15) is 5.65 Å². The van der Waals surface area contributed by atoms with Gasteiger partial charge >= 0.3 is 5.97 Å². The number of aromatic carboxylic acids is 1. The maximum Gasteiger partial charge on any atom is 0.337 e. The SMILES string of the molecule is CCOc1cccc(/C=C/c2nc3ccc(C(=O)O)cn3c(=O)c2CC)c1OC. The molecule has 0 saturated heterocycles. The highest BCUT2D eigenvalue weighted by Crippen LogP contribution is 2.32. The van der Waals surface area contributed by atoms with Crippen LogP contribution in [0.4, 0.5) is 0 Å². The molecule has 0 radical (unpaired) electrons. The van der Waals surface area contributed by atoms with E-state index in [9.17, 15) is 9.59 Å². The molecule has 0 atom stereocenters. The third-order valence-electron chi connectivity index (χ3n) is 4.48. The summed E-state index contributed by atoms with van der Waals surface area (Å²) in [5, 5.41) is 9.17. The Kier molecular flexibility index (Phi) is 5.97. The van der Waals surface area contributed by atoms with E-state index >= 15 is 0 Å². The third kappa shape index (κ3) is 3.99. The van der Waals surface area contributed by atoms with E-state index in [0.717, 1.165) is 5.56 Å². The van der Waals surface area contributed by atoms with Gasteiger partial charge in [0.25, 0.3) is 5.56 Å². The van der Waals surface area contributed by atoms with E-state index in [0.29, 0.717) is 41.4 Å². The van der Waals surface area contributed by atoms with Gasteiger partial charge in [0.15, 0.2) is 11.5 Å². The van der Waals surface area contributed by atoms with Gasteiger partial charge in [0.05, 0.1) is 25.0 Å². The van der Waals surface area contributed by atoms with Gasteiger partial charge in [-0.1, -0.05) is 19.1 Å². The number of rotatable bonds is 7. The number of carboxylic acid groups (broad SMARTS) is 1. The Morgan fingerprint density at radius 2 is 2.00 bits per heavy atom. The summed E-state index contributed by atoms with van der Waals surface area (Å²) in [5.74, 6) is 0.148. The number of carbonyl (C=O) groups is 1. The fourth-order valence-corrected chi connectivity index (χ4v) is 3.11. The van der Waals surface area contributed by atoms with Gasteiger partial charge in [-0.15, -0.1) is 0 Å². The number of carboxylic acids is 1. The normalized spacial score (nSPS) is 11.1. The molecule has 0 aliphatic rings. The minimum Gasteiger partial charge on any atom is -0.492 e. The van der Waals surface area contributed by atoms with Gasteiger partial charge in [0.2, 0.25) is 0 Å². The summed E-state index contributed by atoms with van der Waals surface area (Å²) in [6.07, 6.45) is 5.35. The van der Waals surface area contributed by atoms with Crippen molar-refractivity contribution >= 4 is 23.8 Å². The molecule has 0 amide bonds. The molecule has 0 unspecified atom stereocenters. The Labute approximate surface area is 167 Å². The highest BCUT2D eigenvalue weighted by atomic mass is 16.5. The van der Waals surface area contributed by atoms with Crippen molar-refractivity contribution in [2.75, 3.05) is 13.7 Å². The Morgan fingerprint density at radius 3 is 2.66 bits per heavy atom. The molecule has 3 aromatic rings. The zero-order valence-electron chi connectivity index (χ0n) is 16.5. The molecule has 0 spiro atoms. The monoisotopic (exact) mass is 394 g/mol. The lowest BCUT2D eigenvalue weighted by Gasteiger charge is -2.12. The Hall–Kier alpha value is -3.61. The fourth-order valence-electron chi connectivity index (χ4n) is 3.11. The minimum absolute atomic E-state index is 0.0317. The lowest BCUT2D eigenvalue weighted by Crippen LogP contribution is -2.22.